The molecule has 1 N–H and O–H groups in total. The fourth-order valence-electron chi connectivity index (χ4n) is 2.29. The van der Waals surface area contributed by atoms with E-state index in [-0.39, 0.29) is 0 Å². The normalized spacial score (nSPS) is 11.2. The van der Waals surface area contributed by atoms with Crippen LogP contribution in [-0.2, 0) is 6.42 Å². The summed E-state index contributed by atoms with van der Waals surface area (Å²) in [5.74, 6) is 0.927. The van der Waals surface area contributed by atoms with Gasteiger partial charge < -0.3 is 4.98 Å². The molecule has 0 saturated carbocycles. The number of para-hydroxylation sites is 2. The zero-order chi connectivity index (χ0) is 13.8. The molecule has 0 bridgehead atoms. The van der Waals surface area contributed by atoms with E-state index in [2.05, 4.69) is 45.6 Å². The molecule has 3 nitrogen and oxygen atoms in total. The minimum Gasteiger partial charge on any atom is -0.327 e. The predicted octanol–water partition coefficient (Wildman–Crippen LogP) is 4.44. The summed E-state index contributed by atoms with van der Waals surface area (Å²) >= 11 is 0. The highest BCUT2D eigenvalue weighted by molar-refractivity contribution is 5.81. The van der Waals surface area contributed by atoms with Crippen LogP contribution < -0.4 is 0 Å². The molecule has 0 atom stereocenters. The number of aromatic nitrogens is 3. The van der Waals surface area contributed by atoms with Crippen molar-refractivity contribution in [2.75, 3.05) is 0 Å². The number of H-pyrrole nitrogens is 1. The van der Waals surface area contributed by atoms with Crippen LogP contribution in [0.1, 0.15) is 39.1 Å². The van der Waals surface area contributed by atoms with Crippen LogP contribution in [-0.4, -0.2) is 14.4 Å². The third-order valence-corrected chi connectivity index (χ3v) is 3.05. The molecule has 0 aliphatic carbocycles. The molecule has 3 rings (SSSR count). The fraction of sp³-hybridized carbons (Fsp3) is 0.312. The molecule has 0 unspecified atom stereocenters. The minimum atomic E-state index is 0.927. The summed E-state index contributed by atoms with van der Waals surface area (Å²) < 4.78 is 2.19. The molecule has 0 amide bonds. The van der Waals surface area contributed by atoms with Gasteiger partial charge in [-0.2, -0.15) is 0 Å². The Kier molecular flexibility index (Phi) is 4.05. The number of aromatic amines is 1. The van der Waals surface area contributed by atoms with E-state index in [4.69, 9.17) is 0 Å². The lowest BCUT2D eigenvalue weighted by Gasteiger charge is -1.97. The Morgan fingerprint density at radius 3 is 2.68 bits per heavy atom. The summed E-state index contributed by atoms with van der Waals surface area (Å²) in [6.45, 7) is 8.19. The molecule has 0 saturated heterocycles. The van der Waals surface area contributed by atoms with Crippen LogP contribution in [0.15, 0.2) is 30.3 Å². The number of nitrogens with one attached hydrogen (secondary N) is 1. The summed E-state index contributed by atoms with van der Waals surface area (Å²) in [6, 6.07) is 8.22. The lowest BCUT2D eigenvalue weighted by molar-refractivity contribution is 1.06. The number of benzene rings is 1. The van der Waals surface area contributed by atoms with Gasteiger partial charge in [-0.05, 0) is 31.6 Å². The Morgan fingerprint density at radius 2 is 2.00 bits per heavy atom. The fourth-order valence-corrected chi connectivity index (χ4v) is 2.29. The Bertz CT molecular complexity index is 701. The topological polar surface area (TPSA) is 33.1 Å². The molecule has 0 fully saturated rings. The van der Waals surface area contributed by atoms with E-state index >= 15 is 0 Å². The minimum absolute atomic E-state index is 0.927. The number of hydrogen-bond donors (Lipinski definition) is 1. The molecule has 3 aromatic rings. The Labute approximate surface area is 114 Å². The third kappa shape index (κ3) is 2.16. The van der Waals surface area contributed by atoms with Gasteiger partial charge in [0.05, 0.1) is 16.7 Å². The van der Waals surface area contributed by atoms with Crippen LogP contribution in [0.4, 0.5) is 0 Å². The number of nitrogens with zero attached hydrogens (tertiary/aromatic N) is 2. The highest BCUT2D eigenvalue weighted by Crippen LogP contribution is 2.22. The van der Waals surface area contributed by atoms with Crippen molar-refractivity contribution >= 4 is 22.9 Å². The van der Waals surface area contributed by atoms with Gasteiger partial charge in [-0.15, -0.1) is 0 Å². The second kappa shape index (κ2) is 5.74. The van der Waals surface area contributed by atoms with Crippen molar-refractivity contribution < 1.29 is 0 Å². The van der Waals surface area contributed by atoms with Crippen molar-refractivity contribution in [3.8, 4) is 0 Å². The number of hydrogen-bond acceptors (Lipinski definition) is 1. The van der Waals surface area contributed by atoms with Crippen LogP contribution in [0.3, 0.4) is 0 Å². The first-order valence-electron chi connectivity index (χ1n) is 6.96. The third-order valence-electron chi connectivity index (χ3n) is 3.05. The van der Waals surface area contributed by atoms with Crippen LogP contribution in [0.5, 0.6) is 0 Å². The average Bonchev–Trinajstić information content (AvgIpc) is 2.98. The molecule has 19 heavy (non-hydrogen) atoms. The highest BCUT2D eigenvalue weighted by Gasteiger charge is 2.12. The number of rotatable bonds is 2. The Balaban J connectivity index is 0.000000637. The molecule has 100 valence electrons. The Morgan fingerprint density at radius 1 is 1.26 bits per heavy atom. The maximum atomic E-state index is 4.60. The van der Waals surface area contributed by atoms with Crippen molar-refractivity contribution in [2.45, 2.75) is 34.1 Å². The molecular weight excluding hydrogens is 234 g/mol. The first-order chi connectivity index (χ1) is 9.35. The van der Waals surface area contributed by atoms with E-state index < -0.39 is 0 Å². The quantitative estimate of drug-likeness (QED) is 0.721. The van der Waals surface area contributed by atoms with Gasteiger partial charge >= 0.3 is 0 Å². The van der Waals surface area contributed by atoms with Gasteiger partial charge in [-0.25, -0.2) is 4.98 Å². The van der Waals surface area contributed by atoms with Gasteiger partial charge in [0, 0.05) is 5.69 Å². The van der Waals surface area contributed by atoms with Gasteiger partial charge in [0.2, 0.25) is 5.78 Å². The number of aryl methyl sites for hydroxylation is 1. The second-order valence-corrected chi connectivity index (χ2v) is 4.10. The van der Waals surface area contributed by atoms with E-state index in [9.17, 15) is 0 Å². The molecule has 0 aliphatic heterocycles. The highest BCUT2D eigenvalue weighted by atomic mass is 15.1. The van der Waals surface area contributed by atoms with E-state index in [1.165, 1.54) is 11.4 Å². The summed E-state index contributed by atoms with van der Waals surface area (Å²) in [6.07, 6.45) is 5.18. The van der Waals surface area contributed by atoms with Crippen molar-refractivity contribution in [1.82, 2.24) is 14.4 Å². The van der Waals surface area contributed by atoms with E-state index in [0.717, 1.165) is 23.2 Å². The van der Waals surface area contributed by atoms with Gasteiger partial charge in [0.15, 0.2) is 0 Å². The van der Waals surface area contributed by atoms with Crippen LogP contribution >= 0.6 is 0 Å². The average molecular weight is 255 g/mol. The number of imidazole rings is 2. The van der Waals surface area contributed by atoms with Crippen LogP contribution in [0.25, 0.3) is 22.9 Å². The summed E-state index contributed by atoms with van der Waals surface area (Å²) in [7, 11) is 0. The molecular formula is C16H21N3. The maximum absolute atomic E-state index is 4.60. The molecule has 2 aromatic heterocycles. The van der Waals surface area contributed by atoms with Crippen molar-refractivity contribution in [1.29, 1.82) is 0 Å². The maximum Gasteiger partial charge on any atom is 0.213 e. The molecule has 2 heterocycles. The van der Waals surface area contributed by atoms with Crippen molar-refractivity contribution in [3.05, 3.63) is 41.7 Å². The van der Waals surface area contributed by atoms with E-state index in [1.54, 1.807) is 0 Å². The smallest absolute Gasteiger partial charge is 0.213 e. The first kappa shape index (κ1) is 13.4. The summed E-state index contributed by atoms with van der Waals surface area (Å²) in [5, 5.41) is 0. The Hall–Kier alpha value is -2.03. The monoisotopic (exact) mass is 255 g/mol. The lowest BCUT2D eigenvalue weighted by atomic mass is 10.2. The summed E-state index contributed by atoms with van der Waals surface area (Å²) in [5.41, 5.74) is 4.63. The van der Waals surface area contributed by atoms with Gasteiger partial charge in [-0.1, -0.05) is 39.0 Å². The zero-order valence-corrected chi connectivity index (χ0v) is 12.1. The van der Waals surface area contributed by atoms with Gasteiger partial charge in [0.25, 0.3) is 0 Å². The molecule has 0 radical (unpaired) electrons. The number of allylic oxidation sites excluding steroid dienone is 1. The van der Waals surface area contributed by atoms with Crippen LogP contribution in [0, 0.1) is 0 Å². The zero-order valence-electron chi connectivity index (χ0n) is 12.1. The lowest BCUT2D eigenvalue weighted by Crippen LogP contribution is -1.88. The standard InChI is InChI=1S/C14H15N3.C2H6/c1-3-7-12-10(4-2)15-14-16-11-8-5-6-9-13(11)17(12)14;1-2/h3,5-9H,4H2,1-2H3,(H,15,16);1-2H3/b7-3-;. The van der Waals surface area contributed by atoms with Gasteiger partial charge in [-0.3, -0.25) is 4.40 Å². The molecule has 0 spiro atoms. The van der Waals surface area contributed by atoms with E-state index in [0.29, 0.717) is 0 Å². The van der Waals surface area contributed by atoms with Crippen molar-refractivity contribution in [2.24, 2.45) is 0 Å². The molecule has 3 heteroatoms. The van der Waals surface area contributed by atoms with E-state index in [1.807, 2.05) is 32.9 Å². The van der Waals surface area contributed by atoms with Crippen LogP contribution in [0.2, 0.25) is 0 Å². The predicted molar refractivity (Wildman–Crippen MR) is 82.5 cm³/mol. The summed E-state index contributed by atoms with van der Waals surface area (Å²) in [4.78, 5) is 7.99. The van der Waals surface area contributed by atoms with Gasteiger partial charge in [0.1, 0.15) is 0 Å². The molecule has 1 aromatic carbocycles. The first-order valence-corrected chi connectivity index (χ1v) is 6.96. The largest absolute Gasteiger partial charge is 0.327 e. The SMILES string of the molecule is C/C=C\c1c(CC)[nH]c2nc3ccccc3n12.CC. The second-order valence-electron chi connectivity index (χ2n) is 4.10. The van der Waals surface area contributed by atoms with Crippen molar-refractivity contribution in [3.63, 3.8) is 0 Å². The molecule has 0 aliphatic rings. The number of fused-ring (bicyclic) bond motifs is 3.